The average Bonchev–Trinajstić information content (AvgIpc) is 2.30. The Hall–Kier alpha value is -1.51. The first-order valence-corrected chi connectivity index (χ1v) is 6.65. The van der Waals surface area contributed by atoms with Gasteiger partial charge in [0.15, 0.2) is 0 Å². The lowest BCUT2D eigenvalue weighted by atomic mass is 10.1. The van der Waals surface area contributed by atoms with Crippen molar-refractivity contribution in [3.8, 4) is 0 Å². The number of anilines is 1. The van der Waals surface area contributed by atoms with Gasteiger partial charge in [-0.15, -0.1) is 0 Å². The van der Waals surface area contributed by atoms with E-state index in [0.717, 1.165) is 24.2 Å². The number of rotatable bonds is 6. The monoisotopic (exact) mass is 248 g/mol. The molecule has 0 spiro atoms. The van der Waals surface area contributed by atoms with Gasteiger partial charge >= 0.3 is 0 Å². The van der Waals surface area contributed by atoms with Crippen LogP contribution in [0.4, 0.5) is 5.69 Å². The molecule has 18 heavy (non-hydrogen) atoms. The Bertz CT molecular complexity index is 388. The molecule has 1 aromatic carbocycles. The Morgan fingerprint density at radius 2 is 2.00 bits per heavy atom. The molecule has 3 heteroatoms. The van der Waals surface area contributed by atoms with E-state index < -0.39 is 0 Å². The third kappa shape index (κ3) is 4.40. The van der Waals surface area contributed by atoms with Crippen molar-refractivity contribution in [2.45, 2.75) is 40.2 Å². The second-order valence-electron chi connectivity index (χ2n) is 5.11. The average molecular weight is 248 g/mol. The molecule has 3 nitrogen and oxygen atoms in total. The highest BCUT2D eigenvalue weighted by Gasteiger charge is 2.15. The molecule has 1 rings (SSSR count). The van der Waals surface area contributed by atoms with Crippen molar-refractivity contribution in [2.24, 2.45) is 5.92 Å². The molecule has 0 aliphatic rings. The van der Waals surface area contributed by atoms with Crippen molar-refractivity contribution in [3.05, 3.63) is 29.8 Å². The molecule has 0 radical (unpaired) electrons. The van der Waals surface area contributed by atoms with Gasteiger partial charge in [-0.05, 0) is 24.0 Å². The van der Waals surface area contributed by atoms with E-state index in [1.807, 2.05) is 29.2 Å². The third-order valence-electron chi connectivity index (χ3n) is 2.85. The summed E-state index contributed by atoms with van der Waals surface area (Å²) in [5.74, 6) is 0.611. The van der Waals surface area contributed by atoms with Gasteiger partial charge in [0, 0.05) is 25.2 Å². The van der Waals surface area contributed by atoms with Crippen LogP contribution in [0.1, 0.15) is 39.2 Å². The lowest BCUT2D eigenvalue weighted by molar-refractivity contribution is -0.132. The molecule has 0 aliphatic carbocycles. The maximum Gasteiger partial charge on any atom is 0.223 e. The predicted octanol–water partition coefficient (Wildman–Crippen LogP) is 3.05. The van der Waals surface area contributed by atoms with Crippen LogP contribution >= 0.6 is 0 Å². The van der Waals surface area contributed by atoms with E-state index in [4.69, 9.17) is 5.73 Å². The number of nitrogen functional groups attached to an aromatic ring is 1. The molecule has 100 valence electrons. The van der Waals surface area contributed by atoms with Crippen LogP contribution in [0.3, 0.4) is 0 Å². The minimum Gasteiger partial charge on any atom is -0.398 e. The summed E-state index contributed by atoms with van der Waals surface area (Å²) in [5.41, 5.74) is 7.72. The van der Waals surface area contributed by atoms with Gasteiger partial charge in [-0.1, -0.05) is 39.0 Å². The highest BCUT2D eigenvalue weighted by Crippen LogP contribution is 2.15. The lowest BCUT2D eigenvalue weighted by Crippen LogP contribution is -2.32. The molecule has 0 saturated heterocycles. The highest BCUT2D eigenvalue weighted by molar-refractivity contribution is 5.76. The lowest BCUT2D eigenvalue weighted by Gasteiger charge is -2.24. The van der Waals surface area contributed by atoms with Crippen LogP contribution in [0.5, 0.6) is 0 Å². The Morgan fingerprint density at radius 3 is 2.56 bits per heavy atom. The van der Waals surface area contributed by atoms with Gasteiger partial charge in [0.1, 0.15) is 0 Å². The standard InChI is InChI=1S/C15H24N2O/c1-4-9-17(15(18)10-12(2)3)11-13-7-5-6-8-14(13)16/h5-8,12H,4,9-11,16H2,1-3H3. The van der Waals surface area contributed by atoms with Crippen molar-refractivity contribution in [2.75, 3.05) is 12.3 Å². The van der Waals surface area contributed by atoms with Gasteiger partial charge < -0.3 is 10.6 Å². The number of benzene rings is 1. The Balaban J connectivity index is 2.74. The van der Waals surface area contributed by atoms with Crippen LogP contribution in [-0.4, -0.2) is 17.4 Å². The van der Waals surface area contributed by atoms with Gasteiger partial charge in [-0.25, -0.2) is 0 Å². The van der Waals surface area contributed by atoms with Crippen LogP contribution in [0.15, 0.2) is 24.3 Å². The molecule has 1 amide bonds. The van der Waals surface area contributed by atoms with E-state index in [2.05, 4.69) is 20.8 Å². The summed E-state index contributed by atoms with van der Waals surface area (Å²) in [4.78, 5) is 14.1. The predicted molar refractivity (Wildman–Crippen MR) is 76.0 cm³/mol. The van der Waals surface area contributed by atoms with Crippen LogP contribution in [0, 0.1) is 5.92 Å². The molecule has 0 aromatic heterocycles. The second-order valence-corrected chi connectivity index (χ2v) is 5.11. The largest absolute Gasteiger partial charge is 0.398 e. The van der Waals surface area contributed by atoms with Crippen molar-refractivity contribution in [1.29, 1.82) is 0 Å². The first-order chi connectivity index (χ1) is 8.54. The fourth-order valence-corrected chi connectivity index (χ4v) is 1.92. The first-order valence-electron chi connectivity index (χ1n) is 6.65. The molecule has 0 fully saturated rings. The summed E-state index contributed by atoms with van der Waals surface area (Å²) in [5, 5.41) is 0. The third-order valence-corrected chi connectivity index (χ3v) is 2.85. The first kappa shape index (κ1) is 14.6. The van der Waals surface area contributed by atoms with E-state index >= 15 is 0 Å². The Labute approximate surface area is 110 Å². The summed E-state index contributed by atoms with van der Waals surface area (Å²) in [6, 6.07) is 7.74. The number of amides is 1. The van der Waals surface area contributed by atoms with Gasteiger partial charge in [0.25, 0.3) is 0 Å². The van der Waals surface area contributed by atoms with E-state index in [1.165, 1.54) is 0 Å². The topological polar surface area (TPSA) is 46.3 Å². The molecule has 0 aliphatic heterocycles. The van der Waals surface area contributed by atoms with Crippen LogP contribution in [0.2, 0.25) is 0 Å². The number of hydrogen-bond acceptors (Lipinski definition) is 2. The molecule has 2 N–H and O–H groups in total. The highest BCUT2D eigenvalue weighted by atomic mass is 16.2. The number of para-hydroxylation sites is 1. The number of hydrogen-bond donors (Lipinski definition) is 1. The van der Waals surface area contributed by atoms with Crippen molar-refractivity contribution >= 4 is 11.6 Å². The molecule has 0 bridgehead atoms. The van der Waals surface area contributed by atoms with Crippen LogP contribution < -0.4 is 5.73 Å². The summed E-state index contributed by atoms with van der Waals surface area (Å²) in [7, 11) is 0. The number of carbonyl (C=O) groups is 1. The van der Waals surface area contributed by atoms with Gasteiger partial charge in [0.05, 0.1) is 0 Å². The fraction of sp³-hybridized carbons (Fsp3) is 0.533. The zero-order chi connectivity index (χ0) is 13.5. The van der Waals surface area contributed by atoms with Gasteiger partial charge in [-0.2, -0.15) is 0 Å². The van der Waals surface area contributed by atoms with E-state index in [-0.39, 0.29) is 5.91 Å². The molecule has 1 aromatic rings. The summed E-state index contributed by atoms with van der Waals surface area (Å²) in [6.07, 6.45) is 1.57. The summed E-state index contributed by atoms with van der Waals surface area (Å²) >= 11 is 0. The van der Waals surface area contributed by atoms with Crippen molar-refractivity contribution < 1.29 is 4.79 Å². The summed E-state index contributed by atoms with van der Waals surface area (Å²) < 4.78 is 0. The molecular formula is C15H24N2O. The smallest absolute Gasteiger partial charge is 0.223 e. The molecule has 0 saturated carbocycles. The van der Waals surface area contributed by atoms with E-state index in [0.29, 0.717) is 18.9 Å². The normalized spacial score (nSPS) is 10.7. The zero-order valence-corrected chi connectivity index (χ0v) is 11.6. The minimum atomic E-state index is 0.218. The molecular weight excluding hydrogens is 224 g/mol. The van der Waals surface area contributed by atoms with Crippen LogP contribution in [-0.2, 0) is 11.3 Å². The van der Waals surface area contributed by atoms with Gasteiger partial charge in [0.2, 0.25) is 5.91 Å². The van der Waals surface area contributed by atoms with Crippen molar-refractivity contribution in [3.63, 3.8) is 0 Å². The quantitative estimate of drug-likeness (QED) is 0.786. The number of carbonyl (C=O) groups excluding carboxylic acids is 1. The Kier molecular flexibility index (Phi) is 5.69. The van der Waals surface area contributed by atoms with Gasteiger partial charge in [-0.3, -0.25) is 4.79 Å². The van der Waals surface area contributed by atoms with E-state index in [1.54, 1.807) is 0 Å². The number of nitrogens with zero attached hydrogens (tertiary/aromatic N) is 1. The second kappa shape index (κ2) is 7.04. The fourth-order valence-electron chi connectivity index (χ4n) is 1.92. The maximum atomic E-state index is 12.1. The van der Waals surface area contributed by atoms with Crippen LogP contribution in [0.25, 0.3) is 0 Å². The molecule has 0 heterocycles. The minimum absolute atomic E-state index is 0.218. The van der Waals surface area contributed by atoms with Crippen molar-refractivity contribution in [1.82, 2.24) is 4.90 Å². The zero-order valence-electron chi connectivity index (χ0n) is 11.6. The Morgan fingerprint density at radius 1 is 1.33 bits per heavy atom. The SMILES string of the molecule is CCCN(Cc1ccccc1N)C(=O)CC(C)C. The number of nitrogens with two attached hydrogens (primary N) is 1. The molecule has 0 atom stereocenters. The van der Waals surface area contributed by atoms with E-state index in [9.17, 15) is 4.79 Å². The molecule has 0 unspecified atom stereocenters. The maximum absolute atomic E-state index is 12.1. The summed E-state index contributed by atoms with van der Waals surface area (Å²) in [6.45, 7) is 7.63.